The van der Waals surface area contributed by atoms with Crippen molar-refractivity contribution in [1.82, 2.24) is 10.2 Å². The third kappa shape index (κ3) is 5.83. The minimum absolute atomic E-state index is 0.0925. The zero-order valence-corrected chi connectivity index (χ0v) is 17.7. The van der Waals surface area contributed by atoms with E-state index in [9.17, 15) is 4.79 Å². The molecule has 0 aliphatic carbocycles. The molecular weight excluding hydrogens is 368 g/mol. The smallest absolute Gasteiger partial charge is 0.223 e. The number of piperidine rings is 1. The highest BCUT2D eigenvalue weighted by Crippen LogP contribution is 2.25. The van der Waals surface area contributed by atoms with Crippen LogP contribution < -0.4 is 5.32 Å². The first-order valence-electron chi connectivity index (χ1n) is 10.3. The molecule has 1 aliphatic rings. The quantitative estimate of drug-likeness (QED) is 0.672. The Hall–Kier alpha value is -1.84. The van der Waals surface area contributed by atoms with Crippen LogP contribution in [0.3, 0.4) is 0 Å². The summed E-state index contributed by atoms with van der Waals surface area (Å²) in [6.45, 7) is 7.13. The van der Waals surface area contributed by atoms with Crippen molar-refractivity contribution in [3.05, 3.63) is 70.7 Å². The number of carbonyl (C=O) groups excluding carboxylic acids is 1. The maximum Gasteiger partial charge on any atom is 0.223 e. The molecule has 1 heterocycles. The second-order valence-electron chi connectivity index (χ2n) is 8.24. The fraction of sp³-hybridized carbons (Fsp3) is 0.458. The highest BCUT2D eigenvalue weighted by Gasteiger charge is 2.27. The minimum atomic E-state index is 0.0925. The summed E-state index contributed by atoms with van der Waals surface area (Å²) in [4.78, 5) is 15.3. The molecule has 1 saturated heterocycles. The van der Waals surface area contributed by atoms with Crippen LogP contribution in [-0.4, -0.2) is 23.9 Å². The van der Waals surface area contributed by atoms with Crippen LogP contribution in [0, 0.1) is 11.8 Å². The van der Waals surface area contributed by atoms with Crippen LogP contribution in [0.15, 0.2) is 54.6 Å². The average molecular weight is 399 g/mol. The molecule has 0 spiro atoms. The van der Waals surface area contributed by atoms with Crippen molar-refractivity contribution in [2.45, 2.75) is 45.7 Å². The molecule has 3 rings (SSSR count). The van der Waals surface area contributed by atoms with Gasteiger partial charge in [-0.05, 0) is 55.5 Å². The fourth-order valence-corrected chi connectivity index (χ4v) is 4.14. The number of halogens is 1. The standard InChI is InChI=1S/C24H31ClN2O/c1-18(2)16-23(19-8-4-3-5-9-19)26-24(28)20-12-14-27(15-13-20)17-21-10-6-7-11-22(21)25/h3-11,18,20,23H,12-17H2,1-2H3,(H,26,28). The van der Waals surface area contributed by atoms with E-state index >= 15 is 0 Å². The van der Waals surface area contributed by atoms with Crippen LogP contribution in [-0.2, 0) is 11.3 Å². The predicted molar refractivity (Wildman–Crippen MR) is 116 cm³/mol. The van der Waals surface area contributed by atoms with Crippen molar-refractivity contribution < 1.29 is 4.79 Å². The van der Waals surface area contributed by atoms with E-state index in [-0.39, 0.29) is 17.9 Å². The molecule has 1 amide bonds. The summed E-state index contributed by atoms with van der Waals surface area (Å²) in [5.41, 5.74) is 2.36. The average Bonchev–Trinajstić information content (AvgIpc) is 2.70. The Labute approximate surface area is 174 Å². The molecular formula is C24H31ClN2O. The second kappa shape index (κ2) is 10.1. The fourth-order valence-electron chi connectivity index (χ4n) is 3.95. The highest BCUT2D eigenvalue weighted by molar-refractivity contribution is 6.31. The molecule has 0 radical (unpaired) electrons. The van der Waals surface area contributed by atoms with Gasteiger partial charge in [-0.3, -0.25) is 9.69 Å². The molecule has 3 nitrogen and oxygen atoms in total. The van der Waals surface area contributed by atoms with E-state index < -0.39 is 0 Å². The Morgan fingerprint density at radius 1 is 1.07 bits per heavy atom. The molecule has 0 saturated carbocycles. The summed E-state index contributed by atoms with van der Waals surface area (Å²) >= 11 is 6.29. The van der Waals surface area contributed by atoms with E-state index in [0.29, 0.717) is 5.92 Å². The summed E-state index contributed by atoms with van der Waals surface area (Å²) in [7, 11) is 0. The predicted octanol–water partition coefficient (Wildman–Crippen LogP) is 5.46. The molecule has 4 heteroatoms. The van der Waals surface area contributed by atoms with Gasteiger partial charge in [-0.15, -0.1) is 0 Å². The molecule has 1 aliphatic heterocycles. The van der Waals surface area contributed by atoms with Crippen molar-refractivity contribution in [1.29, 1.82) is 0 Å². The lowest BCUT2D eigenvalue weighted by atomic mass is 9.92. The molecule has 1 unspecified atom stereocenters. The Balaban J connectivity index is 1.54. The maximum absolute atomic E-state index is 12.9. The van der Waals surface area contributed by atoms with Gasteiger partial charge in [0.15, 0.2) is 0 Å². The molecule has 2 aromatic carbocycles. The van der Waals surface area contributed by atoms with E-state index in [1.807, 2.05) is 36.4 Å². The van der Waals surface area contributed by atoms with Crippen LogP contribution in [0.1, 0.15) is 50.3 Å². The monoisotopic (exact) mass is 398 g/mol. The van der Waals surface area contributed by atoms with Gasteiger partial charge in [0.1, 0.15) is 0 Å². The Kier molecular flexibility index (Phi) is 7.52. The Bertz CT molecular complexity index is 754. The number of hydrogen-bond donors (Lipinski definition) is 1. The zero-order valence-electron chi connectivity index (χ0n) is 16.9. The van der Waals surface area contributed by atoms with Gasteiger partial charge in [-0.2, -0.15) is 0 Å². The van der Waals surface area contributed by atoms with E-state index in [0.717, 1.165) is 49.5 Å². The first kappa shape index (κ1) is 20.9. The van der Waals surface area contributed by atoms with Gasteiger partial charge in [0.05, 0.1) is 6.04 Å². The summed E-state index contributed by atoms with van der Waals surface area (Å²) < 4.78 is 0. The van der Waals surface area contributed by atoms with Gasteiger partial charge >= 0.3 is 0 Å². The van der Waals surface area contributed by atoms with Crippen molar-refractivity contribution >= 4 is 17.5 Å². The third-order valence-corrected chi connectivity index (χ3v) is 5.90. The van der Waals surface area contributed by atoms with Crippen LogP contribution in [0.2, 0.25) is 5.02 Å². The lowest BCUT2D eigenvalue weighted by Gasteiger charge is -2.32. The van der Waals surface area contributed by atoms with E-state index in [2.05, 4.69) is 42.3 Å². The highest BCUT2D eigenvalue weighted by atomic mass is 35.5. The van der Waals surface area contributed by atoms with Crippen LogP contribution in [0.5, 0.6) is 0 Å². The number of nitrogens with one attached hydrogen (secondary N) is 1. The number of benzene rings is 2. The van der Waals surface area contributed by atoms with Gasteiger partial charge < -0.3 is 5.32 Å². The summed E-state index contributed by atoms with van der Waals surface area (Å²) in [5, 5.41) is 4.15. The minimum Gasteiger partial charge on any atom is -0.349 e. The molecule has 150 valence electrons. The SMILES string of the molecule is CC(C)CC(NC(=O)C1CCN(Cc2ccccc2Cl)CC1)c1ccccc1. The molecule has 28 heavy (non-hydrogen) atoms. The maximum atomic E-state index is 12.9. The molecule has 0 bridgehead atoms. The molecule has 1 fully saturated rings. The number of rotatable bonds is 7. The Morgan fingerprint density at radius 3 is 2.36 bits per heavy atom. The first-order valence-corrected chi connectivity index (χ1v) is 10.7. The van der Waals surface area contributed by atoms with E-state index in [1.165, 1.54) is 5.56 Å². The molecule has 0 aromatic heterocycles. The van der Waals surface area contributed by atoms with Gasteiger partial charge in [0.2, 0.25) is 5.91 Å². The first-order chi connectivity index (χ1) is 13.5. The van der Waals surface area contributed by atoms with Crippen LogP contribution in [0.25, 0.3) is 0 Å². The topological polar surface area (TPSA) is 32.3 Å². The second-order valence-corrected chi connectivity index (χ2v) is 8.65. The zero-order chi connectivity index (χ0) is 19.9. The van der Waals surface area contributed by atoms with Crippen molar-refractivity contribution in [3.8, 4) is 0 Å². The molecule has 1 N–H and O–H groups in total. The van der Waals surface area contributed by atoms with Crippen molar-refractivity contribution in [2.24, 2.45) is 11.8 Å². The number of amides is 1. The van der Waals surface area contributed by atoms with Crippen LogP contribution >= 0.6 is 11.6 Å². The number of hydrogen-bond acceptors (Lipinski definition) is 2. The van der Waals surface area contributed by atoms with Gasteiger partial charge in [0, 0.05) is 17.5 Å². The molecule has 2 aromatic rings. The third-order valence-electron chi connectivity index (χ3n) is 5.54. The van der Waals surface area contributed by atoms with Gasteiger partial charge in [0.25, 0.3) is 0 Å². The van der Waals surface area contributed by atoms with E-state index in [1.54, 1.807) is 0 Å². The summed E-state index contributed by atoms with van der Waals surface area (Å²) in [6, 6.07) is 18.4. The number of carbonyl (C=O) groups is 1. The number of likely N-dealkylation sites (tertiary alicyclic amines) is 1. The van der Waals surface area contributed by atoms with Crippen molar-refractivity contribution in [3.63, 3.8) is 0 Å². The number of nitrogens with zero attached hydrogens (tertiary/aromatic N) is 1. The van der Waals surface area contributed by atoms with Gasteiger partial charge in [-0.1, -0.05) is 74.0 Å². The van der Waals surface area contributed by atoms with E-state index in [4.69, 9.17) is 11.6 Å². The summed E-state index contributed by atoms with van der Waals surface area (Å²) in [6.07, 6.45) is 2.76. The largest absolute Gasteiger partial charge is 0.349 e. The normalized spacial score (nSPS) is 16.9. The van der Waals surface area contributed by atoms with Crippen molar-refractivity contribution in [2.75, 3.05) is 13.1 Å². The Morgan fingerprint density at radius 2 is 1.71 bits per heavy atom. The van der Waals surface area contributed by atoms with Crippen LogP contribution in [0.4, 0.5) is 0 Å². The molecule has 1 atom stereocenters. The lowest BCUT2D eigenvalue weighted by molar-refractivity contribution is -0.127. The van der Waals surface area contributed by atoms with Gasteiger partial charge in [-0.25, -0.2) is 0 Å². The summed E-state index contributed by atoms with van der Waals surface area (Å²) in [5.74, 6) is 0.829. The lowest BCUT2D eigenvalue weighted by Crippen LogP contribution is -2.41.